The monoisotopic (exact) mass is 372 g/mol. The van der Waals surface area contributed by atoms with Crippen LogP contribution in [0.15, 0.2) is 11.2 Å². The summed E-state index contributed by atoms with van der Waals surface area (Å²) in [6.45, 7) is 7.89. The molecule has 0 aromatic carbocycles. The third-order valence-electron chi connectivity index (χ3n) is 3.70. The zero-order valence-electron chi connectivity index (χ0n) is 14.9. The predicted molar refractivity (Wildman–Crippen MR) is 98.0 cm³/mol. The fourth-order valence-electron chi connectivity index (χ4n) is 2.63. The lowest BCUT2D eigenvalue weighted by Crippen LogP contribution is -2.36. The second kappa shape index (κ2) is 7.78. The van der Waals surface area contributed by atoms with Crippen LogP contribution in [-0.2, 0) is 4.74 Å². The van der Waals surface area contributed by atoms with Crippen molar-refractivity contribution in [3.8, 4) is 0 Å². The van der Waals surface area contributed by atoms with Crippen LogP contribution in [0, 0.1) is 5.92 Å². The van der Waals surface area contributed by atoms with E-state index in [4.69, 9.17) is 16.3 Å². The molecule has 1 aliphatic rings. The summed E-state index contributed by atoms with van der Waals surface area (Å²) in [5.41, 5.74) is -0.460. The third-order valence-corrected chi connectivity index (χ3v) is 4.45. The number of likely N-dealkylation sites (tertiary alicyclic amines) is 1. The van der Waals surface area contributed by atoms with Gasteiger partial charge in [0, 0.05) is 32.7 Å². The molecule has 0 N–H and O–H groups in total. The number of halogens is 1. The zero-order valence-corrected chi connectivity index (χ0v) is 16.4. The maximum atomic E-state index is 12.1. The van der Waals surface area contributed by atoms with E-state index in [1.807, 2.05) is 34.1 Å². The van der Waals surface area contributed by atoms with Gasteiger partial charge in [-0.3, -0.25) is 0 Å². The Morgan fingerprint density at radius 2 is 2.21 bits per heavy atom. The van der Waals surface area contributed by atoms with Crippen LogP contribution >= 0.6 is 23.4 Å². The van der Waals surface area contributed by atoms with Gasteiger partial charge in [-0.1, -0.05) is 23.4 Å². The van der Waals surface area contributed by atoms with Crippen molar-refractivity contribution in [2.75, 3.05) is 37.8 Å². The number of rotatable bonds is 4. The first-order valence-electron chi connectivity index (χ1n) is 7.95. The molecule has 1 atom stereocenters. The first-order valence-corrected chi connectivity index (χ1v) is 9.56. The Morgan fingerprint density at radius 1 is 1.50 bits per heavy atom. The number of thioether (sulfide) groups is 1. The third kappa shape index (κ3) is 5.41. The van der Waals surface area contributed by atoms with Gasteiger partial charge in [-0.25, -0.2) is 14.8 Å². The van der Waals surface area contributed by atoms with Gasteiger partial charge in [-0.05, 0) is 39.4 Å². The highest BCUT2D eigenvalue weighted by Gasteiger charge is 2.30. The van der Waals surface area contributed by atoms with Crippen LogP contribution in [-0.4, -0.2) is 59.5 Å². The van der Waals surface area contributed by atoms with E-state index in [-0.39, 0.29) is 6.09 Å². The fraction of sp³-hybridized carbons (Fsp3) is 0.688. The number of ether oxygens (including phenoxy) is 1. The van der Waals surface area contributed by atoms with Gasteiger partial charge in [0.25, 0.3) is 0 Å². The molecule has 1 fully saturated rings. The summed E-state index contributed by atoms with van der Waals surface area (Å²) in [5, 5.41) is 1.10. The van der Waals surface area contributed by atoms with Crippen LogP contribution < -0.4 is 4.90 Å². The Morgan fingerprint density at radius 3 is 2.83 bits per heavy atom. The highest BCUT2D eigenvalue weighted by atomic mass is 35.5. The minimum atomic E-state index is -0.460. The molecule has 1 aliphatic heterocycles. The SMILES string of the molecule is CSc1nc(Cl)cc(N(C)C[C@@H]2CCN(C(=O)OC(C)(C)C)C2)n1. The molecule has 8 heteroatoms. The maximum absolute atomic E-state index is 12.1. The second-order valence-corrected chi connectivity index (χ2v) is 8.16. The Labute approximate surface area is 152 Å². The van der Waals surface area contributed by atoms with Gasteiger partial charge in [0.1, 0.15) is 16.6 Å². The lowest BCUT2D eigenvalue weighted by Gasteiger charge is -2.25. The summed E-state index contributed by atoms with van der Waals surface area (Å²) in [6, 6.07) is 1.77. The highest BCUT2D eigenvalue weighted by molar-refractivity contribution is 7.98. The molecule has 2 heterocycles. The van der Waals surface area contributed by atoms with Gasteiger partial charge in [-0.15, -0.1) is 0 Å². The number of nitrogens with zero attached hydrogens (tertiary/aromatic N) is 4. The minimum absolute atomic E-state index is 0.234. The summed E-state index contributed by atoms with van der Waals surface area (Å²) in [7, 11) is 1.99. The quantitative estimate of drug-likeness (QED) is 0.457. The summed E-state index contributed by atoms with van der Waals surface area (Å²) in [5.74, 6) is 1.18. The van der Waals surface area contributed by atoms with Crippen LogP contribution in [0.25, 0.3) is 0 Å². The van der Waals surface area contributed by atoms with Crippen molar-refractivity contribution in [1.82, 2.24) is 14.9 Å². The van der Waals surface area contributed by atoms with E-state index in [1.54, 1.807) is 11.0 Å². The maximum Gasteiger partial charge on any atom is 0.410 e. The van der Waals surface area contributed by atoms with Crippen molar-refractivity contribution >= 4 is 35.3 Å². The summed E-state index contributed by atoms with van der Waals surface area (Å²) in [6.07, 6.45) is 2.64. The molecule has 0 aliphatic carbocycles. The van der Waals surface area contributed by atoms with Gasteiger partial charge in [0.2, 0.25) is 0 Å². The smallest absolute Gasteiger partial charge is 0.410 e. The molecule has 1 saturated heterocycles. The molecule has 0 radical (unpaired) electrons. The summed E-state index contributed by atoms with van der Waals surface area (Å²) < 4.78 is 5.44. The standard InChI is InChI=1S/C16H25ClN4O2S/c1-16(2,3)23-15(22)21-7-6-11(10-21)9-20(4)13-8-12(17)18-14(19-13)24-5/h8,11H,6-7,9-10H2,1-5H3/t11-/m0/s1. The number of aromatic nitrogens is 2. The van der Waals surface area contributed by atoms with Gasteiger partial charge in [-0.2, -0.15) is 0 Å². The number of carbonyl (C=O) groups is 1. The fourth-order valence-corrected chi connectivity index (χ4v) is 3.23. The number of hydrogen-bond donors (Lipinski definition) is 0. The van der Waals surface area contributed by atoms with Gasteiger partial charge >= 0.3 is 6.09 Å². The number of anilines is 1. The molecule has 24 heavy (non-hydrogen) atoms. The molecule has 6 nitrogen and oxygen atoms in total. The van der Waals surface area contributed by atoms with Crippen LogP contribution in [0.5, 0.6) is 0 Å². The molecule has 1 amide bonds. The van der Waals surface area contributed by atoms with Crippen LogP contribution in [0.1, 0.15) is 27.2 Å². The second-order valence-electron chi connectivity index (χ2n) is 7.00. The average molecular weight is 373 g/mol. The Kier molecular flexibility index (Phi) is 6.20. The van der Waals surface area contributed by atoms with Crippen molar-refractivity contribution < 1.29 is 9.53 Å². The first-order chi connectivity index (χ1) is 11.2. The molecule has 134 valence electrons. The molecule has 1 aromatic rings. The molecular weight excluding hydrogens is 348 g/mol. The molecule has 0 bridgehead atoms. The summed E-state index contributed by atoms with van der Waals surface area (Å²) in [4.78, 5) is 24.6. The largest absolute Gasteiger partial charge is 0.444 e. The Balaban J connectivity index is 1.93. The number of amides is 1. The lowest BCUT2D eigenvalue weighted by molar-refractivity contribution is 0.0288. The zero-order chi connectivity index (χ0) is 17.9. The summed E-state index contributed by atoms with van der Waals surface area (Å²) >= 11 is 7.52. The van der Waals surface area contributed by atoms with E-state index in [9.17, 15) is 4.79 Å². The molecule has 0 unspecified atom stereocenters. The van der Waals surface area contributed by atoms with Gasteiger partial charge in [0.15, 0.2) is 5.16 Å². The predicted octanol–water partition coefficient (Wildman–Crippen LogP) is 3.55. The van der Waals surface area contributed by atoms with E-state index >= 15 is 0 Å². The Bertz CT molecular complexity index is 594. The Hall–Kier alpha value is -1.21. The highest BCUT2D eigenvalue weighted by Crippen LogP contribution is 2.24. The van der Waals surface area contributed by atoms with Crippen LogP contribution in [0.2, 0.25) is 5.15 Å². The van der Waals surface area contributed by atoms with Gasteiger partial charge in [0.05, 0.1) is 0 Å². The van der Waals surface area contributed by atoms with Crippen molar-refractivity contribution in [2.24, 2.45) is 5.92 Å². The normalized spacial score (nSPS) is 17.9. The molecule has 2 rings (SSSR count). The van der Waals surface area contributed by atoms with Gasteiger partial charge < -0.3 is 14.5 Å². The van der Waals surface area contributed by atoms with E-state index in [0.29, 0.717) is 22.8 Å². The minimum Gasteiger partial charge on any atom is -0.444 e. The van der Waals surface area contributed by atoms with E-state index < -0.39 is 5.60 Å². The van der Waals surface area contributed by atoms with E-state index in [2.05, 4.69) is 14.9 Å². The van der Waals surface area contributed by atoms with Crippen molar-refractivity contribution in [1.29, 1.82) is 0 Å². The average Bonchev–Trinajstić information content (AvgIpc) is 2.93. The van der Waals surface area contributed by atoms with Crippen molar-refractivity contribution in [3.05, 3.63) is 11.2 Å². The lowest BCUT2D eigenvalue weighted by atomic mass is 10.1. The van der Waals surface area contributed by atoms with Crippen molar-refractivity contribution in [2.45, 2.75) is 37.9 Å². The van der Waals surface area contributed by atoms with Crippen LogP contribution in [0.4, 0.5) is 10.6 Å². The van der Waals surface area contributed by atoms with E-state index in [1.165, 1.54) is 11.8 Å². The van der Waals surface area contributed by atoms with E-state index in [0.717, 1.165) is 25.3 Å². The number of carbonyl (C=O) groups excluding carboxylic acids is 1. The molecule has 0 spiro atoms. The molecular formula is C16H25ClN4O2S. The number of hydrogen-bond acceptors (Lipinski definition) is 6. The van der Waals surface area contributed by atoms with Crippen LogP contribution in [0.3, 0.4) is 0 Å². The van der Waals surface area contributed by atoms with Crippen molar-refractivity contribution in [3.63, 3.8) is 0 Å². The molecule has 1 aromatic heterocycles. The molecule has 0 saturated carbocycles. The first kappa shape index (κ1) is 19.1. The topological polar surface area (TPSA) is 58.6 Å².